The Bertz CT molecular complexity index is 480. The number of amides is 2. The van der Waals surface area contributed by atoms with E-state index in [1.807, 2.05) is 49.1 Å². The molecule has 6 heteroatoms. The Kier molecular flexibility index (Phi) is 11.9. The Morgan fingerprint density at radius 1 is 1.21 bits per heavy atom. The lowest BCUT2D eigenvalue weighted by Crippen LogP contribution is -2.35. The Morgan fingerprint density at radius 3 is 2.46 bits per heavy atom. The fourth-order valence-electron chi connectivity index (χ4n) is 2.29. The van der Waals surface area contributed by atoms with Crippen LogP contribution < -0.4 is 11.1 Å². The number of hydrogen-bond acceptors (Lipinski definition) is 3. The summed E-state index contributed by atoms with van der Waals surface area (Å²) in [5.41, 5.74) is 6.66. The maximum absolute atomic E-state index is 12.4. The number of halogens is 1. The number of carbonyl (C=O) groups excluding carboxylic acids is 2. The van der Waals surface area contributed by atoms with Gasteiger partial charge in [0.15, 0.2) is 0 Å². The van der Waals surface area contributed by atoms with Gasteiger partial charge in [-0.15, -0.1) is 12.4 Å². The molecule has 2 amide bonds. The van der Waals surface area contributed by atoms with Crippen LogP contribution in [-0.2, 0) is 16.1 Å². The van der Waals surface area contributed by atoms with Crippen LogP contribution in [0.4, 0.5) is 0 Å². The molecule has 0 saturated heterocycles. The third-order valence-electron chi connectivity index (χ3n) is 3.46. The quantitative estimate of drug-likeness (QED) is 0.676. The van der Waals surface area contributed by atoms with Gasteiger partial charge in [-0.2, -0.15) is 0 Å². The fraction of sp³-hybridized carbons (Fsp3) is 0.556. The normalized spacial score (nSPS) is 10.2. The van der Waals surface area contributed by atoms with Crippen LogP contribution in [0.5, 0.6) is 0 Å². The fourth-order valence-corrected chi connectivity index (χ4v) is 2.29. The summed E-state index contributed by atoms with van der Waals surface area (Å²) in [7, 11) is 0. The van der Waals surface area contributed by atoms with Crippen molar-refractivity contribution in [3.05, 3.63) is 35.9 Å². The topological polar surface area (TPSA) is 75.4 Å². The van der Waals surface area contributed by atoms with E-state index in [1.54, 1.807) is 0 Å². The number of nitrogens with two attached hydrogens (primary N) is 1. The second kappa shape index (κ2) is 12.8. The number of hydrogen-bond donors (Lipinski definition) is 2. The molecule has 0 heterocycles. The zero-order chi connectivity index (χ0) is 17.1. The van der Waals surface area contributed by atoms with Crippen LogP contribution in [0.25, 0.3) is 0 Å². The van der Waals surface area contributed by atoms with E-state index in [9.17, 15) is 9.59 Å². The molecule has 0 fully saturated rings. The van der Waals surface area contributed by atoms with Gasteiger partial charge in [-0.05, 0) is 24.4 Å². The molecule has 0 bridgehead atoms. The van der Waals surface area contributed by atoms with Crippen LogP contribution in [-0.4, -0.2) is 36.3 Å². The highest BCUT2D eigenvalue weighted by atomic mass is 35.5. The van der Waals surface area contributed by atoms with Crippen molar-refractivity contribution in [2.24, 2.45) is 11.7 Å². The maximum atomic E-state index is 12.4. The summed E-state index contributed by atoms with van der Waals surface area (Å²) in [5.74, 6) is 0.376. The number of nitrogens with one attached hydrogen (secondary N) is 1. The first kappa shape index (κ1) is 22.4. The number of benzene rings is 1. The van der Waals surface area contributed by atoms with Gasteiger partial charge in [0, 0.05) is 32.5 Å². The number of rotatable bonds is 10. The van der Waals surface area contributed by atoms with Gasteiger partial charge in [0.2, 0.25) is 11.8 Å². The maximum Gasteiger partial charge on any atom is 0.224 e. The second-order valence-corrected chi connectivity index (χ2v) is 6.14. The van der Waals surface area contributed by atoms with E-state index >= 15 is 0 Å². The molecule has 0 atom stereocenters. The largest absolute Gasteiger partial charge is 0.356 e. The van der Waals surface area contributed by atoms with Crippen molar-refractivity contribution in [1.29, 1.82) is 0 Å². The molecule has 1 aromatic rings. The molecule has 0 radical (unpaired) electrons. The van der Waals surface area contributed by atoms with Crippen molar-refractivity contribution < 1.29 is 9.59 Å². The average Bonchev–Trinajstić information content (AvgIpc) is 2.51. The molecule has 0 aromatic heterocycles. The highest BCUT2D eigenvalue weighted by Gasteiger charge is 2.14. The minimum Gasteiger partial charge on any atom is -0.356 e. The van der Waals surface area contributed by atoms with E-state index in [4.69, 9.17) is 5.73 Å². The third-order valence-corrected chi connectivity index (χ3v) is 3.46. The first-order valence-corrected chi connectivity index (χ1v) is 8.31. The van der Waals surface area contributed by atoms with Crippen molar-refractivity contribution in [3.8, 4) is 0 Å². The van der Waals surface area contributed by atoms with Crippen molar-refractivity contribution in [3.63, 3.8) is 0 Å². The van der Waals surface area contributed by atoms with E-state index in [0.29, 0.717) is 44.9 Å². The minimum absolute atomic E-state index is 0. The molecule has 0 aliphatic carbocycles. The van der Waals surface area contributed by atoms with Gasteiger partial charge < -0.3 is 16.0 Å². The molecule has 0 spiro atoms. The first-order chi connectivity index (χ1) is 11.0. The van der Waals surface area contributed by atoms with Gasteiger partial charge in [0.05, 0.1) is 0 Å². The predicted molar refractivity (Wildman–Crippen MR) is 99.9 cm³/mol. The van der Waals surface area contributed by atoms with Crippen LogP contribution in [0.15, 0.2) is 30.3 Å². The lowest BCUT2D eigenvalue weighted by atomic mass is 10.1. The van der Waals surface area contributed by atoms with Crippen LogP contribution in [0.2, 0.25) is 0 Å². The lowest BCUT2D eigenvalue weighted by molar-refractivity contribution is -0.131. The average molecular weight is 356 g/mol. The highest BCUT2D eigenvalue weighted by molar-refractivity contribution is 5.85. The second-order valence-electron chi connectivity index (χ2n) is 6.14. The smallest absolute Gasteiger partial charge is 0.224 e. The number of carbonyl (C=O) groups is 2. The molecule has 1 aromatic carbocycles. The van der Waals surface area contributed by atoms with E-state index in [2.05, 4.69) is 5.32 Å². The van der Waals surface area contributed by atoms with Crippen molar-refractivity contribution in [2.45, 2.75) is 39.7 Å². The summed E-state index contributed by atoms with van der Waals surface area (Å²) < 4.78 is 0. The molecule has 0 aliphatic rings. The Balaban J connectivity index is 0.00000529. The first-order valence-electron chi connectivity index (χ1n) is 8.31. The summed E-state index contributed by atoms with van der Waals surface area (Å²) in [6, 6.07) is 9.90. The molecule has 3 N–H and O–H groups in total. The highest BCUT2D eigenvalue weighted by Crippen LogP contribution is 2.07. The third kappa shape index (κ3) is 9.53. The Labute approximate surface area is 151 Å². The molecule has 1 rings (SSSR count). The molecular formula is C18H30ClN3O2. The van der Waals surface area contributed by atoms with Crippen LogP contribution >= 0.6 is 12.4 Å². The van der Waals surface area contributed by atoms with E-state index in [-0.39, 0.29) is 24.2 Å². The molecule has 0 saturated carbocycles. The van der Waals surface area contributed by atoms with Gasteiger partial charge in [-0.3, -0.25) is 9.59 Å². The van der Waals surface area contributed by atoms with Gasteiger partial charge in [0.1, 0.15) is 0 Å². The summed E-state index contributed by atoms with van der Waals surface area (Å²) in [5, 5.41) is 2.81. The summed E-state index contributed by atoms with van der Waals surface area (Å²) in [6.07, 6.45) is 1.59. The van der Waals surface area contributed by atoms with Crippen LogP contribution in [0.3, 0.4) is 0 Å². The van der Waals surface area contributed by atoms with Crippen molar-refractivity contribution in [1.82, 2.24) is 10.2 Å². The van der Waals surface area contributed by atoms with E-state index in [1.165, 1.54) is 0 Å². The molecule has 5 nitrogen and oxygen atoms in total. The van der Waals surface area contributed by atoms with Crippen LogP contribution in [0.1, 0.15) is 38.7 Å². The Hall–Kier alpha value is -1.59. The molecular weight excluding hydrogens is 326 g/mol. The zero-order valence-corrected chi connectivity index (χ0v) is 15.5. The summed E-state index contributed by atoms with van der Waals surface area (Å²) in [6.45, 7) is 6.17. The van der Waals surface area contributed by atoms with Gasteiger partial charge in [-0.1, -0.05) is 44.2 Å². The molecule has 0 unspecified atom stereocenters. The van der Waals surface area contributed by atoms with Gasteiger partial charge in [-0.25, -0.2) is 0 Å². The predicted octanol–water partition coefficient (Wildman–Crippen LogP) is 2.34. The zero-order valence-electron chi connectivity index (χ0n) is 14.7. The van der Waals surface area contributed by atoms with Gasteiger partial charge in [0.25, 0.3) is 0 Å². The molecule has 0 aliphatic heterocycles. The number of nitrogens with zero attached hydrogens (tertiary/aromatic N) is 1. The minimum atomic E-state index is 0. The lowest BCUT2D eigenvalue weighted by Gasteiger charge is -2.23. The molecule has 24 heavy (non-hydrogen) atoms. The van der Waals surface area contributed by atoms with Crippen LogP contribution in [0, 0.1) is 5.92 Å². The summed E-state index contributed by atoms with van der Waals surface area (Å²) >= 11 is 0. The van der Waals surface area contributed by atoms with Gasteiger partial charge >= 0.3 is 0 Å². The SMILES string of the molecule is CC(C)CC(=O)NCCC(=O)N(CCCN)Cc1ccccc1.Cl. The Morgan fingerprint density at radius 2 is 1.88 bits per heavy atom. The van der Waals surface area contributed by atoms with Crippen molar-refractivity contribution in [2.75, 3.05) is 19.6 Å². The van der Waals surface area contributed by atoms with Crippen molar-refractivity contribution >= 4 is 24.2 Å². The monoisotopic (exact) mass is 355 g/mol. The van der Waals surface area contributed by atoms with E-state index in [0.717, 1.165) is 12.0 Å². The molecule has 136 valence electrons. The standard InChI is InChI=1S/C18H29N3O2.ClH/c1-15(2)13-17(22)20-11-9-18(23)21(12-6-10-19)14-16-7-4-3-5-8-16;/h3-5,7-8,15H,6,9-14,19H2,1-2H3,(H,20,22);1H. The summed E-state index contributed by atoms with van der Waals surface area (Å²) in [4.78, 5) is 25.8. The van der Waals surface area contributed by atoms with E-state index < -0.39 is 0 Å².